The Bertz CT molecular complexity index is 352. The second kappa shape index (κ2) is 8.51. The summed E-state index contributed by atoms with van der Waals surface area (Å²) in [7, 11) is 0. The minimum atomic E-state index is -0.115. The molecule has 0 amide bonds. The van der Waals surface area contributed by atoms with E-state index in [1.165, 1.54) is 5.56 Å². The van der Waals surface area contributed by atoms with Crippen LogP contribution in [0.25, 0.3) is 0 Å². The lowest BCUT2D eigenvalue weighted by atomic mass is 10.2. The Kier molecular flexibility index (Phi) is 7.32. The van der Waals surface area contributed by atoms with Crippen LogP contribution in [-0.2, 0) is 9.47 Å². The Hall–Kier alpha value is -0.580. The van der Waals surface area contributed by atoms with Gasteiger partial charge >= 0.3 is 0 Å². The number of hydrogen-bond donors (Lipinski definition) is 1. The van der Waals surface area contributed by atoms with Gasteiger partial charge in [-0.25, -0.2) is 0 Å². The second-order valence-electron chi connectivity index (χ2n) is 3.99. The molecule has 1 aromatic carbocycles. The fourth-order valence-electron chi connectivity index (χ4n) is 1.70. The van der Waals surface area contributed by atoms with E-state index in [1.54, 1.807) is 0 Å². The molecule has 0 saturated heterocycles. The number of hydrogen-bond acceptors (Lipinski definition) is 3. The first-order valence-electron chi connectivity index (χ1n) is 6.41. The predicted molar refractivity (Wildman–Crippen MR) is 79.0 cm³/mol. The molecule has 0 atom stereocenters. The molecule has 0 unspecified atom stereocenters. The first kappa shape index (κ1) is 15.5. The van der Waals surface area contributed by atoms with Crippen LogP contribution >= 0.6 is 15.9 Å². The Balaban J connectivity index is 2.42. The fraction of sp³-hybridized carbons (Fsp3) is 0.571. The zero-order valence-electron chi connectivity index (χ0n) is 11.3. The van der Waals surface area contributed by atoms with Gasteiger partial charge in [-0.05, 0) is 48.3 Å². The summed E-state index contributed by atoms with van der Waals surface area (Å²) in [5, 5.41) is 3.39. The number of rotatable bonds is 8. The number of aryl methyl sites for hydroxylation is 1. The Labute approximate surface area is 118 Å². The minimum Gasteiger partial charge on any atom is -0.384 e. The van der Waals surface area contributed by atoms with Gasteiger partial charge < -0.3 is 14.8 Å². The van der Waals surface area contributed by atoms with Crippen molar-refractivity contribution in [3.63, 3.8) is 0 Å². The third-order valence-electron chi connectivity index (χ3n) is 2.59. The van der Waals surface area contributed by atoms with Crippen molar-refractivity contribution in [2.24, 2.45) is 0 Å². The van der Waals surface area contributed by atoms with Gasteiger partial charge in [0.05, 0.1) is 0 Å². The fourth-order valence-corrected chi connectivity index (χ4v) is 2.10. The van der Waals surface area contributed by atoms with Crippen molar-refractivity contribution in [3.05, 3.63) is 28.2 Å². The standard InChI is InChI=1S/C14H22BrNO2/c1-4-17-13(18-5-2)9-10-16-12-8-6-7-11(3)14(12)15/h6-8,13,16H,4-5,9-10H2,1-3H3. The lowest BCUT2D eigenvalue weighted by molar-refractivity contribution is -0.137. The largest absolute Gasteiger partial charge is 0.384 e. The average Bonchev–Trinajstić information content (AvgIpc) is 2.35. The Morgan fingerprint density at radius 1 is 1.22 bits per heavy atom. The molecule has 0 radical (unpaired) electrons. The zero-order chi connectivity index (χ0) is 13.4. The monoisotopic (exact) mass is 315 g/mol. The van der Waals surface area contributed by atoms with E-state index in [9.17, 15) is 0 Å². The molecular weight excluding hydrogens is 294 g/mol. The van der Waals surface area contributed by atoms with Gasteiger partial charge in [0.15, 0.2) is 6.29 Å². The molecular formula is C14H22BrNO2. The second-order valence-corrected chi connectivity index (χ2v) is 4.79. The molecule has 0 aliphatic heterocycles. The van der Waals surface area contributed by atoms with Gasteiger partial charge in [0, 0.05) is 36.3 Å². The molecule has 18 heavy (non-hydrogen) atoms. The van der Waals surface area contributed by atoms with E-state index in [0.29, 0.717) is 13.2 Å². The summed E-state index contributed by atoms with van der Waals surface area (Å²) in [5.41, 5.74) is 2.34. The molecule has 0 aliphatic rings. The van der Waals surface area contributed by atoms with Gasteiger partial charge in [-0.15, -0.1) is 0 Å². The van der Waals surface area contributed by atoms with Gasteiger partial charge in [0.25, 0.3) is 0 Å². The maximum Gasteiger partial charge on any atom is 0.159 e. The SMILES string of the molecule is CCOC(CCNc1cccc(C)c1Br)OCC. The summed E-state index contributed by atoms with van der Waals surface area (Å²) in [6.45, 7) is 8.23. The van der Waals surface area contributed by atoms with Crippen molar-refractivity contribution in [1.82, 2.24) is 0 Å². The van der Waals surface area contributed by atoms with Crippen LogP contribution in [0.2, 0.25) is 0 Å². The van der Waals surface area contributed by atoms with Crippen LogP contribution < -0.4 is 5.32 Å². The molecule has 102 valence electrons. The first-order chi connectivity index (χ1) is 8.69. The highest BCUT2D eigenvalue weighted by Crippen LogP contribution is 2.25. The minimum absolute atomic E-state index is 0.115. The Morgan fingerprint density at radius 3 is 2.50 bits per heavy atom. The van der Waals surface area contributed by atoms with E-state index in [-0.39, 0.29) is 6.29 Å². The summed E-state index contributed by atoms with van der Waals surface area (Å²) in [6, 6.07) is 6.19. The maximum atomic E-state index is 5.50. The third-order valence-corrected chi connectivity index (χ3v) is 3.64. The molecule has 3 nitrogen and oxygen atoms in total. The molecule has 1 N–H and O–H groups in total. The van der Waals surface area contributed by atoms with E-state index < -0.39 is 0 Å². The van der Waals surface area contributed by atoms with E-state index in [0.717, 1.165) is 23.1 Å². The number of ether oxygens (including phenoxy) is 2. The van der Waals surface area contributed by atoms with Crippen molar-refractivity contribution < 1.29 is 9.47 Å². The average molecular weight is 316 g/mol. The highest BCUT2D eigenvalue weighted by molar-refractivity contribution is 9.10. The molecule has 0 bridgehead atoms. The number of benzene rings is 1. The molecule has 1 aromatic rings. The predicted octanol–water partition coefficient (Wildman–Crippen LogP) is 3.96. The quantitative estimate of drug-likeness (QED) is 0.737. The molecule has 0 saturated carbocycles. The number of halogens is 1. The summed E-state index contributed by atoms with van der Waals surface area (Å²) in [6.07, 6.45) is 0.721. The van der Waals surface area contributed by atoms with Crippen molar-refractivity contribution in [1.29, 1.82) is 0 Å². The van der Waals surface area contributed by atoms with Crippen LogP contribution in [0.15, 0.2) is 22.7 Å². The number of anilines is 1. The van der Waals surface area contributed by atoms with Gasteiger partial charge in [-0.3, -0.25) is 0 Å². The third kappa shape index (κ3) is 4.96. The highest BCUT2D eigenvalue weighted by atomic mass is 79.9. The summed E-state index contributed by atoms with van der Waals surface area (Å²) >= 11 is 3.58. The van der Waals surface area contributed by atoms with E-state index in [1.807, 2.05) is 19.9 Å². The number of nitrogens with one attached hydrogen (secondary N) is 1. The van der Waals surface area contributed by atoms with E-state index in [2.05, 4.69) is 40.3 Å². The van der Waals surface area contributed by atoms with Crippen LogP contribution in [0.4, 0.5) is 5.69 Å². The molecule has 0 spiro atoms. The van der Waals surface area contributed by atoms with Crippen LogP contribution in [0.1, 0.15) is 25.8 Å². The van der Waals surface area contributed by atoms with Crippen LogP contribution in [0.5, 0.6) is 0 Å². The van der Waals surface area contributed by atoms with Gasteiger partial charge in [0.2, 0.25) is 0 Å². The lowest BCUT2D eigenvalue weighted by Gasteiger charge is -2.18. The van der Waals surface area contributed by atoms with Crippen molar-refractivity contribution in [2.75, 3.05) is 25.1 Å². The van der Waals surface area contributed by atoms with E-state index in [4.69, 9.17) is 9.47 Å². The van der Waals surface area contributed by atoms with Gasteiger partial charge in [-0.2, -0.15) is 0 Å². The van der Waals surface area contributed by atoms with Crippen LogP contribution in [0, 0.1) is 6.92 Å². The van der Waals surface area contributed by atoms with Crippen LogP contribution in [-0.4, -0.2) is 26.0 Å². The highest BCUT2D eigenvalue weighted by Gasteiger charge is 2.08. The Morgan fingerprint density at radius 2 is 1.89 bits per heavy atom. The summed E-state index contributed by atoms with van der Waals surface area (Å²) in [5.74, 6) is 0. The molecule has 0 aromatic heterocycles. The maximum absolute atomic E-state index is 5.50. The molecule has 0 fully saturated rings. The van der Waals surface area contributed by atoms with Crippen molar-refractivity contribution >= 4 is 21.6 Å². The molecule has 0 aliphatic carbocycles. The normalized spacial score (nSPS) is 10.9. The zero-order valence-corrected chi connectivity index (χ0v) is 12.9. The first-order valence-corrected chi connectivity index (χ1v) is 7.20. The van der Waals surface area contributed by atoms with Gasteiger partial charge in [-0.1, -0.05) is 12.1 Å². The lowest BCUT2D eigenvalue weighted by Crippen LogP contribution is -2.21. The van der Waals surface area contributed by atoms with Crippen molar-refractivity contribution in [3.8, 4) is 0 Å². The van der Waals surface area contributed by atoms with Crippen LogP contribution in [0.3, 0.4) is 0 Å². The smallest absolute Gasteiger partial charge is 0.159 e. The molecule has 4 heteroatoms. The molecule has 1 rings (SSSR count). The molecule has 0 heterocycles. The topological polar surface area (TPSA) is 30.5 Å². The summed E-state index contributed by atoms with van der Waals surface area (Å²) < 4.78 is 12.1. The van der Waals surface area contributed by atoms with Gasteiger partial charge in [0.1, 0.15) is 0 Å². The van der Waals surface area contributed by atoms with E-state index >= 15 is 0 Å². The summed E-state index contributed by atoms with van der Waals surface area (Å²) in [4.78, 5) is 0. The van der Waals surface area contributed by atoms with Crippen molar-refractivity contribution in [2.45, 2.75) is 33.5 Å².